The first-order valence-corrected chi connectivity index (χ1v) is 27.7. The number of aryl methyl sites for hydroxylation is 2. The van der Waals surface area contributed by atoms with Crippen molar-refractivity contribution in [2.24, 2.45) is 10.8 Å². The standard InChI is InChI=1S/C59H61FIN7O10/c1-34-25-37-39(65-34)9-12-45(55(37)61)78-57-38-27-47(72-4)49(29-42(38)63-33-64-57)75-24-6-8-51(70)68-21-16-59(17-22-68)32-76-56(59)52-35(2)66-40-10-11-44(54(60)53(40)52)77-43-13-18-62-41-28-48(46(71-3)26-36(41)43)74-23-5-7-50(69)67-19-14-58(15-20-67)30-73-31-58/h9-13,18,25-29,33,56,65-66H,5-8,14-17,19-24,30-32H2,1-4H3. The molecular weight excluding hydrogens is 1110 g/mol. The molecule has 0 aliphatic carbocycles. The molecule has 0 saturated carbocycles. The van der Waals surface area contributed by atoms with Crippen molar-refractivity contribution in [3.05, 3.63) is 99.5 Å². The van der Waals surface area contributed by atoms with Crippen LogP contribution in [-0.4, -0.2) is 120 Å². The van der Waals surface area contributed by atoms with Crippen LogP contribution in [0.1, 0.15) is 74.4 Å². The lowest BCUT2D eigenvalue weighted by atomic mass is 9.68. The van der Waals surface area contributed by atoms with Crippen molar-refractivity contribution in [2.45, 2.75) is 71.3 Å². The number of benzene rings is 4. The first-order valence-electron chi connectivity index (χ1n) is 26.7. The minimum atomic E-state index is -0.500. The number of hydrogen-bond donors (Lipinski definition) is 2. The predicted octanol–water partition coefficient (Wildman–Crippen LogP) is 11.4. The van der Waals surface area contributed by atoms with Gasteiger partial charge >= 0.3 is 0 Å². The van der Waals surface area contributed by atoms with Crippen LogP contribution < -0.4 is 28.4 Å². The number of fused-ring (bicyclic) bond motifs is 4. The molecule has 19 heteroatoms. The van der Waals surface area contributed by atoms with Crippen LogP contribution in [0.2, 0.25) is 0 Å². The highest BCUT2D eigenvalue weighted by Gasteiger charge is 2.52. The summed E-state index contributed by atoms with van der Waals surface area (Å²) in [6.07, 6.45) is 7.91. The number of nitrogens with one attached hydrogen (secondary N) is 2. The number of aromatic amines is 2. The van der Waals surface area contributed by atoms with Crippen molar-refractivity contribution < 1.29 is 51.9 Å². The van der Waals surface area contributed by atoms with Crippen molar-refractivity contribution in [1.29, 1.82) is 0 Å². The van der Waals surface area contributed by atoms with Gasteiger partial charge in [0.15, 0.2) is 34.6 Å². The van der Waals surface area contributed by atoms with E-state index in [1.165, 1.54) is 6.33 Å². The van der Waals surface area contributed by atoms with Crippen LogP contribution in [0.4, 0.5) is 4.39 Å². The molecule has 2 amide bonds. The molecule has 2 spiro atoms. The molecule has 17 nitrogen and oxygen atoms in total. The largest absolute Gasteiger partial charge is 0.493 e. The minimum absolute atomic E-state index is 0.0565. The first-order chi connectivity index (χ1) is 37.9. The van der Waals surface area contributed by atoms with Crippen LogP contribution in [0.5, 0.6) is 46.1 Å². The van der Waals surface area contributed by atoms with E-state index < -0.39 is 5.82 Å². The molecule has 8 aromatic rings. The molecule has 12 rings (SSSR count). The average Bonchev–Trinajstić information content (AvgIpc) is 4.14. The summed E-state index contributed by atoms with van der Waals surface area (Å²) in [7, 11) is 3.14. The van der Waals surface area contributed by atoms with Gasteiger partial charge in [0.25, 0.3) is 0 Å². The van der Waals surface area contributed by atoms with Crippen LogP contribution >= 0.6 is 22.6 Å². The average molecular weight is 1170 g/mol. The third-order valence-corrected chi connectivity index (χ3v) is 17.4. The fourth-order valence-corrected chi connectivity index (χ4v) is 12.4. The van der Waals surface area contributed by atoms with Crippen LogP contribution in [0, 0.1) is 34.1 Å². The summed E-state index contributed by atoms with van der Waals surface area (Å²) in [6.45, 7) is 9.42. The number of amides is 2. The van der Waals surface area contributed by atoms with Crippen LogP contribution in [-0.2, 0) is 19.1 Å². The third kappa shape index (κ3) is 9.75. The van der Waals surface area contributed by atoms with E-state index >= 15 is 4.39 Å². The SMILES string of the molecule is COc1cc2c(Oc3ccc4[nH]c(C)c(C5OCC56CCN(C(=O)CCCOc5cc7ncnc(Oc8ccc9[nH]c(C)cc9c8I)c7cc5OC)CC6)c4c3F)ccnc2cc1OCCCC(=O)N1CCC2(CC1)COC2. The maximum Gasteiger partial charge on any atom is 0.230 e. The van der Waals surface area contributed by atoms with Gasteiger partial charge in [-0.25, -0.2) is 14.4 Å². The van der Waals surface area contributed by atoms with Gasteiger partial charge in [-0.3, -0.25) is 14.6 Å². The number of H-pyrrole nitrogens is 2. The maximum absolute atomic E-state index is 17.0. The molecule has 4 fully saturated rings. The zero-order chi connectivity index (χ0) is 53.7. The maximum atomic E-state index is 17.0. The normalized spacial score (nSPS) is 17.6. The lowest BCUT2D eigenvalue weighted by Crippen LogP contribution is -2.53. The van der Waals surface area contributed by atoms with E-state index in [-0.39, 0.29) is 34.5 Å². The van der Waals surface area contributed by atoms with Gasteiger partial charge in [0.2, 0.25) is 17.7 Å². The van der Waals surface area contributed by atoms with Crippen molar-refractivity contribution in [3.63, 3.8) is 0 Å². The second-order valence-electron chi connectivity index (χ2n) is 21.2. The molecule has 8 heterocycles. The molecule has 2 N–H and O–H groups in total. The zero-order valence-electron chi connectivity index (χ0n) is 44.1. The number of carbonyl (C=O) groups excluding carboxylic acids is 2. The van der Waals surface area contributed by atoms with Gasteiger partial charge in [0.1, 0.15) is 17.8 Å². The molecule has 406 valence electrons. The highest BCUT2D eigenvalue weighted by atomic mass is 127. The van der Waals surface area contributed by atoms with Crippen molar-refractivity contribution in [2.75, 3.05) is 73.4 Å². The Labute approximate surface area is 463 Å². The van der Waals surface area contributed by atoms with E-state index in [0.717, 1.165) is 83.4 Å². The quantitative estimate of drug-likeness (QED) is 0.0649. The molecule has 4 aromatic heterocycles. The highest BCUT2D eigenvalue weighted by Crippen LogP contribution is 2.56. The molecule has 1 atom stereocenters. The van der Waals surface area contributed by atoms with Gasteiger partial charge in [0.05, 0.1) is 73.3 Å². The van der Waals surface area contributed by atoms with Gasteiger partial charge in [-0.2, -0.15) is 0 Å². The van der Waals surface area contributed by atoms with E-state index in [9.17, 15) is 9.59 Å². The lowest BCUT2D eigenvalue weighted by Gasteiger charge is -2.53. The van der Waals surface area contributed by atoms with Crippen molar-refractivity contribution >= 4 is 78.0 Å². The van der Waals surface area contributed by atoms with Crippen LogP contribution in [0.3, 0.4) is 0 Å². The number of methoxy groups -OCH3 is 2. The smallest absolute Gasteiger partial charge is 0.230 e. The topological polar surface area (TPSA) is 185 Å². The number of carbonyl (C=O) groups is 2. The molecule has 78 heavy (non-hydrogen) atoms. The van der Waals surface area contributed by atoms with E-state index in [0.29, 0.717) is 132 Å². The Morgan fingerprint density at radius 2 is 1.33 bits per heavy atom. The van der Waals surface area contributed by atoms with Crippen molar-refractivity contribution in [3.8, 4) is 46.1 Å². The molecule has 1 unspecified atom stereocenters. The Balaban J connectivity index is 0.657. The van der Waals surface area contributed by atoms with Gasteiger partial charge in [0, 0.05) is 112 Å². The van der Waals surface area contributed by atoms with Gasteiger partial charge < -0.3 is 57.7 Å². The number of halogens is 2. The van der Waals surface area contributed by atoms with E-state index in [2.05, 4.69) is 53.6 Å². The number of likely N-dealkylation sites (tertiary alicyclic amines) is 2. The Bertz CT molecular complexity index is 3600. The Morgan fingerprint density at radius 3 is 1.97 bits per heavy atom. The molecular formula is C59H61FIN7O10. The Hall–Kier alpha value is -6.97. The third-order valence-electron chi connectivity index (χ3n) is 16.3. The summed E-state index contributed by atoms with van der Waals surface area (Å²) in [4.78, 5) is 50.8. The number of aromatic nitrogens is 5. The number of ether oxygens (including phenoxy) is 8. The van der Waals surface area contributed by atoms with Crippen LogP contribution in [0.25, 0.3) is 43.6 Å². The monoisotopic (exact) mass is 1170 g/mol. The lowest BCUT2D eigenvalue weighted by molar-refractivity contribution is -0.211. The minimum Gasteiger partial charge on any atom is -0.493 e. The summed E-state index contributed by atoms with van der Waals surface area (Å²) in [6, 6.07) is 18.4. The molecule has 4 aliphatic rings. The van der Waals surface area contributed by atoms with Gasteiger partial charge in [-0.15, -0.1) is 0 Å². The highest BCUT2D eigenvalue weighted by molar-refractivity contribution is 14.1. The van der Waals surface area contributed by atoms with Crippen molar-refractivity contribution in [1.82, 2.24) is 34.7 Å². The fraction of sp³-hybridized carbons (Fsp3) is 0.407. The molecule has 4 aliphatic heterocycles. The fourth-order valence-electron chi connectivity index (χ4n) is 11.7. The summed E-state index contributed by atoms with van der Waals surface area (Å²) in [5.74, 6) is 3.21. The number of piperidine rings is 2. The number of hydrogen-bond acceptors (Lipinski definition) is 13. The second-order valence-corrected chi connectivity index (χ2v) is 22.3. The predicted molar refractivity (Wildman–Crippen MR) is 299 cm³/mol. The molecule has 4 aromatic carbocycles. The zero-order valence-corrected chi connectivity index (χ0v) is 46.3. The number of rotatable bonds is 17. The summed E-state index contributed by atoms with van der Waals surface area (Å²) < 4.78 is 66.3. The summed E-state index contributed by atoms with van der Waals surface area (Å²) in [5, 5.41) is 2.79. The van der Waals surface area contributed by atoms with Gasteiger partial charge in [-0.05, 0) is 123 Å². The molecule has 4 saturated heterocycles. The Morgan fingerprint density at radius 1 is 0.692 bits per heavy atom. The molecule has 0 radical (unpaired) electrons. The summed E-state index contributed by atoms with van der Waals surface area (Å²) >= 11 is 2.29. The van der Waals surface area contributed by atoms with E-state index in [1.807, 2.05) is 54.0 Å². The van der Waals surface area contributed by atoms with Crippen LogP contribution in [0.15, 0.2) is 73.2 Å². The van der Waals surface area contributed by atoms with Gasteiger partial charge in [-0.1, -0.05) is 0 Å². The van der Waals surface area contributed by atoms with E-state index in [4.69, 9.17) is 37.9 Å². The summed E-state index contributed by atoms with van der Waals surface area (Å²) in [5.41, 5.74) is 5.57. The molecule has 0 bridgehead atoms. The first kappa shape index (κ1) is 51.8. The number of pyridine rings is 1. The number of nitrogens with zero attached hydrogens (tertiary/aromatic N) is 5. The van der Waals surface area contributed by atoms with E-state index in [1.54, 1.807) is 44.7 Å². The Kier molecular flexibility index (Phi) is 14.2. The second kappa shape index (κ2) is 21.3.